The minimum atomic E-state index is -0.0910. The lowest BCUT2D eigenvalue weighted by Crippen LogP contribution is -2.22. The van der Waals surface area contributed by atoms with E-state index in [9.17, 15) is 4.79 Å². The van der Waals surface area contributed by atoms with Crippen molar-refractivity contribution >= 4 is 40.3 Å². The van der Waals surface area contributed by atoms with Crippen molar-refractivity contribution < 1.29 is 19.0 Å². The highest BCUT2D eigenvalue weighted by atomic mass is 32.2. The van der Waals surface area contributed by atoms with Gasteiger partial charge in [0, 0.05) is 12.6 Å². The Morgan fingerprint density at radius 2 is 1.79 bits per heavy atom. The van der Waals surface area contributed by atoms with Gasteiger partial charge < -0.3 is 14.2 Å². The fraction of sp³-hybridized carbons (Fsp3) is 0.273. The molecule has 0 N–H and O–H groups in total. The SMILES string of the molecule is Cc1cccc(OCCOCCOc2ccccc2/C=C2\SC(=S)N(C)C2=O)c1. The third-order valence-corrected chi connectivity index (χ3v) is 5.65. The number of likely N-dealkylation sites (N-methyl/N-ethyl adjacent to an activating group) is 1. The van der Waals surface area contributed by atoms with Crippen molar-refractivity contribution in [1.82, 2.24) is 4.90 Å². The lowest BCUT2D eigenvalue weighted by Gasteiger charge is -2.11. The zero-order valence-electron chi connectivity index (χ0n) is 16.4. The molecule has 0 aromatic heterocycles. The number of nitrogens with zero attached hydrogens (tertiary/aromatic N) is 1. The highest BCUT2D eigenvalue weighted by molar-refractivity contribution is 8.26. The Labute approximate surface area is 180 Å². The smallest absolute Gasteiger partial charge is 0.265 e. The molecule has 0 bridgehead atoms. The summed E-state index contributed by atoms with van der Waals surface area (Å²) >= 11 is 6.47. The van der Waals surface area contributed by atoms with Crippen molar-refractivity contribution in [2.24, 2.45) is 0 Å². The number of thioether (sulfide) groups is 1. The number of carbonyl (C=O) groups is 1. The molecule has 1 fully saturated rings. The largest absolute Gasteiger partial charge is 0.491 e. The van der Waals surface area contributed by atoms with Gasteiger partial charge in [0.2, 0.25) is 0 Å². The number of rotatable bonds is 9. The number of carbonyl (C=O) groups excluding carboxylic acids is 1. The summed E-state index contributed by atoms with van der Waals surface area (Å²) in [5.41, 5.74) is 2.00. The molecule has 0 atom stereocenters. The Kier molecular flexibility index (Phi) is 7.69. The van der Waals surface area contributed by atoms with Crippen molar-refractivity contribution in [1.29, 1.82) is 0 Å². The lowest BCUT2D eigenvalue weighted by atomic mass is 10.2. The predicted molar refractivity (Wildman–Crippen MR) is 120 cm³/mol. The number of hydrogen-bond donors (Lipinski definition) is 0. The van der Waals surface area contributed by atoms with Crippen LogP contribution in [0.3, 0.4) is 0 Å². The molecule has 2 aromatic carbocycles. The number of hydrogen-bond acceptors (Lipinski definition) is 6. The van der Waals surface area contributed by atoms with Crippen LogP contribution in [0.5, 0.6) is 11.5 Å². The van der Waals surface area contributed by atoms with Gasteiger partial charge in [-0.15, -0.1) is 0 Å². The van der Waals surface area contributed by atoms with Crippen molar-refractivity contribution in [2.75, 3.05) is 33.5 Å². The molecule has 1 aliphatic rings. The average molecular weight is 430 g/mol. The van der Waals surface area contributed by atoms with Crippen LogP contribution in [0.15, 0.2) is 53.4 Å². The molecule has 152 valence electrons. The Bertz CT molecular complexity index is 913. The van der Waals surface area contributed by atoms with Crippen LogP contribution in [-0.2, 0) is 9.53 Å². The summed E-state index contributed by atoms with van der Waals surface area (Å²) in [5.74, 6) is 1.46. The zero-order chi connectivity index (χ0) is 20.6. The van der Waals surface area contributed by atoms with E-state index in [1.54, 1.807) is 7.05 Å². The minimum absolute atomic E-state index is 0.0910. The van der Waals surface area contributed by atoms with Crippen molar-refractivity contribution in [3.05, 3.63) is 64.6 Å². The van der Waals surface area contributed by atoms with Gasteiger partial charge in [-0.2, -0.15) is 0 Å². The first-order valence-corrected chi connectivity index (χ1v) is 10.5. The van der Waals surface area contributed by atoms with Crippen LogP contribution in [0.4, 0.5) is 0 Å². The Hall–Kier alpha value is -2.35. The van der Waals surface area contributed by atoms with E-state index in [-0.39, 0.29) is 5.91 Å². The van der Waals surface area contributed by atoms with Crippen LogP contribution in [-0.4, -0.2) is 48.6 Å². The van der Waals surface area contributed by atoms with E-state index in [1.165, 1.54) is 16.7 Å². The second-order valence-electron chi connectivity index (χ2n) is 6.40. The molecular weight excluding hydrogens is 406 g/mol. The molecule has 7 heteroatoms. The summed E-state index contributed by atoms with van der Waals surface area (Å²) < 4.78 is 17.6. The summed E-state index contributed by atoms with van der Waals surface area (Å²) in [5, 5.41) is 0. The monoisotopic (exact) mass is 429 g/mol. The molecular formula is C22H23NO4S2. The van der Waals surface area contributed by atoms with E-state index >= 15 is 0 Å². The van der Waals surface area contributed by atoms with Crippen LogP contribution < -0.4 is 9.47 Å². The number of ether oxygens (including phenoxy) is 3. The second-order valence-corrected chi connectivity index (χ2v) is 8.08. The number of benzene rings is 2. The van der Waals surface area contributed by atoms with Crippen LogP contribution in [0, 0.1) is 6.92 Å². The van der Waals surface area contributed by atoms with Gasteiger partial charge in [0.25, 0.3) is 5.91 Å². The highest BCUT2D eigenvalue weighted by Crippen LogP contribution is 2.33. The van der Waals surface area contributed by atoms with Gasteiger partial charge in [0.1, 0.15) is 29.0 Å². The van der Waals surface area contributed by atoms with Crippen LogP contribution in [0.2, 0.25) is 0 Å². The Morgan fingerprint density at radius 1 is 1.03 bits per heavy atom. The standard InChI is InChI=1S/C22H23NO4S2/c1-16-6-5-8-18(14-16)26-12-10-25-11-13-27-19-9-4-3-7-17(19)15-20-21(24)23(2)22(28)29-20/h3-9,14-15H,10-13H2,1-2H3/b20-15-. The van der Waals surface area contributed by atoms with Gasteiger partial charge in [-0.25, -0.2) is 0 Å². The molecule has 5 nitrogen and oxygen atoms in total. The molecule has 0 radical (unpaired) electrons. The van der Waals surface area contributed by atoms with Crippen LogP contribution >= 0.6 is 24.0 Å². The zero-order valence-corrected chi connectivity index (χ0v) is 18.1. The first-order chi connectivity index (χ1) is 14.0. The Morgan fingerprint density at radius 3 is 2.52 bits per heavy atom. The number of thiocarbonyl (C=S) groups is 1. The van der Waals surface area contributed by atoms with Crippen molar-refractivity contribution in [2.45, 2.75) is 6.92 Å². The van der Waals surface area contributed by atoms with Gasteiger partial charge in [-0.1, -0.05) is 54.3 Å². The highest BCUT2D eigenvalue weighted by Gasteiger charge is 2.28. The van der Waals surface area contributed by atoms with E-state index in [4.69, 9.17) is 26.4 Å². The molecule has 0 aliphatic carbocycles. The maximum atomic E-state index is 12.2. The van der Waals surface area contributed by atoms with E-state index in [1.807, 2.05) is 61.5 Å². The van der Waals surface area contributed by atoms with Gasteiger partial charge in [0.05, 0.1) is 18.1 Å². The summed E-state index contributed by atoms with van der Waals surface area (Å²) in [4.78, 5) is 14.3. The topological polar surface area (TPSA) is 48.0 Å². The number of para-hydroxylation sites is 1. The second kappa shape index (κ2) is 10.4. The molecule has 1 amide bonds. The fourth-order valence-electron chi connectivity index (χ4n) is 2.65. The predicted octanol–water partition coefficient (Wildman–Crippen LogP) is 4.30. The van der Waals surface area contributed by atoms with E-state index in [0.29, 0.717) is 41.4 Å². The molecule has 0 unspecified atom stereocenters. The van der Waals surface area contributed by atoms with Crippen molar-refractivity contribution in [3.8, 4) is 11.5 Å². The van der Waals surface area contributed by atoms with Gasteiger partial charge in [0.15, 0.2) is 0 Å². The normalized spacial score (nSPS) is 15.2. The molecule has 29 heavy (non-hydrogen) atoms. The minimum Gasteiger partial charge on any atom is -0.491 e. The van der Waals surface area contributed by atoms with Crippen molar-refractivity contribution in [3.63, 3.8) is 0 Å². The first-order valence-electron chi connectivity index (χ1n) is 9.25. The quantitative estimate of drug-likeness (QED) is 0.337. The third kappa shape index (κ3) is 6.06. The molecule has 1 heterocycles. The van der Waals surface area contributed by atoms with E-state index in [0.717, 1.165) is 16.9 Å². The van der Waals surface area contributed by atoms with Gasteiger partial charge in [-0.3, -0.25) is 9.69 Å². The Balaban J connectivity index is 1.43. The average Bonchev–Trinajstić information content (AvgIpc) is 2.95. The van der Waals surface area contributed by atoms with Crippen LogP contribution in [0.25, 0.3) is 6.08 Å². The third-order valence-electron chi connectivity index (χ3n) is 4.16. The number of amides is 1. The molecule has 2 aromatic rings. The molecule has 0 spiro atoms. The molecule has 0 saturated carbocycles. The summed E-state index contributed by atoms with van der Waals surface area (Å²) in [6, 6.07) is 15.5. The van der Waals surface area contributed by atoms with E-state index < -0.39 is 0 Å². The summed E-state index contributed by atoms with van der Waals surface area (Å²) in [6.07, 6.45) is 1.81. The lowest BCUT2D eigenvalue weighted by molar-refractivity contribution is -0.121. The maximum absolute atomic E-state index is 12.2. The van der Waals surface area contributed by atoms with Crippen LogP contribution in [0.1, 0.15) is 11.1 Å². The van der Waals surface area contributed by atoms with Gasteiger partial charge in [-0.05, 0) is 36.8 Å². The molecule has 1 saturated heterocycles. The number of aryl methyl sites for hydroxylation is 1. The summed E-state index contributed by atoms with van der Waals surface area (Å²) in [6.45, 7) is 3.85. The summed E-state index contributed by atoms with van der Waals surface area (Å²) in [7, 11) is 1.68. The van der Waals surface area contributed by atoms with Gasteiger partial charge >= 0.3 is 0 Å². The molecule has 3 rings (SSSR count). The molecule has 1 aliphatic heterocycles. The van der Waals surface area contributed by atoms with E-state index in [2.05, 4.69) is 0 Å². The first kappa shape index (κ1) is 21.4. The fourth-order valence-corrected chi connectivity index (χ4v) is 3.82. The maximum Gasteiger partial charge on any atom is 0.265 e.